The van der Waals surface area contributed by atoms with Gasteiger partial charge in [0.25, 0.3) is 0 Å². The molecule has 0 fully saturated rings. The minimum absolute atomic E-state index is 0.00170. The van der Waals surface area contributed by atoms with Gasteiger partial charge in [-0.2, -0.15) is 0 Å². The number of hydrogen-bond donors (Lipinski definition) is 1. The van der Waals surface area contributed by atoms with Crippen LogP contribution in [0.5, 0.6) is 0 Å². The minimum Gasteiger partial charge on any atom is -0.589 e. The smallest absolute Gasteiger partial charge is 0.0994 e. The van der Waals surface area contributed by atoms with E-state index >= 15 is 0 Å². The summed E-state index contributed by atoms with van der Waals surface area (Å²) in [5.74, 6) is 0.00170. The van der Waals surface area contributed by atoms with Gasteiger partial charge >= 0.3 is 0 Å². The molecule has 0 saturated heterocycles. The van der Waals surface area contributed by atoms with E-state index in [9.17, 15) is 5.11 Å². The summed E-state index contributed by atoms with van der Waals surface area (Å²) < 4.78 is 6.45. The fraction of sp³-hybridized carbons (Fsp3) is 0.517. The van der Waals surface area contributed by atoms with E-state index < -0.39 is 18.7 Å². The fourth-order valence-corrected chi connectivity index (χ4v) is 4.55. The van der Waals surface area contributed by atoms with Crippen LogP contribution < -0.4 is 0 Å². The van der Waals surface area contributed by atoms with Gasteiger partial charge in [0.1, 0.15) is 0 Å². The molecule has 186 valence electrons. The third-order valence-corrected chi connectivity index (χ3v) is 7.44. The van der Waals surface area contributed by atoms with Crippen LogP contribution >= 0.6 is 0 Å². The number of nitrogens with zero attached hydrogens (tertiary/aromatic N) is 2. The number of aryl methyl sites for hydroxylation is 6. The first-order chi connectivity index (χ1) is 15.5. The molecular formula is C29H44BN2O2-. The predicted molar refractivity (Wildman–Crippen MR) is 151 cm³/mol. The fourth-order valence-electron chi connectivity index (χ4n) is 4.55. The van der Waals surface area contributed by atoms with Crippen LogP contribution in [0.15, 0.2) is 34.3 Å². The Balaban J connectivity index is 2.56. The lowest BCUT2D eigenvalue weighted by atomic mass is 9.72. The number of hydrogen-bond acceptors (Lipinski definition) is 4. The van der Waals surface area contributed by atoms with Crippen LogP contribution in [0.4, 0.5) is 11.4 Å². The van der Waals surface area contributed by atoms with Gasteiger partial charge in [-0.25, -0.2) is 0 Å². The third kappa shape index (κ3) is 6.67. The molecular weight excluding hydrogens is 419 g/mol. The van der Waals surface area contributed by atoms with Gasteiger partial charge in [0.05, 0.1) is 24.5 Å². The summed E-state index contributed by atoms with van der Waals surface area (Å²) in [5.41, 5.74) is 9.62. The van der Waals surface area contributed by atoms with Gasteiger partial charge < -0.3 is 9.76 Å². The minimum atomic E-state index is -1.02. The molecule has 0 saturated carbocycles. The molecule has 4 nitrogen and oxygen atoms in total. The van der Waals surface area contributed by atoms with Crippen LogP contribution in [0.25, 0.3) is 0 Å². The van der Waals surface area contributed by atoms with Gasteiger partial charge in [0.15, 0.2) is 0 Å². The lowest BCUT2D eigenvalue weighted by Gasteiger charge is -2.43. The summed E-state index contributed by atoms with van der Waals surface area (Å²) in [4.78, 5) is 10.2. The number of aliphatic hydroxyl groups is 1. The monoisotopic (exact) mass is 463 g/mol. The molecule has 0 bridgehead atoms. The van der Waals surface area contributed by atoms with Gasteiger partial charge in [0.2, 0.25) is 0 Å². The second-order valence-corrected chi connectivity index (χ2v) is 11.2. The zero-order valence-corrected chi connectivity index (χ0v) is 23.6. The molecule has 1 N–H and O–H groups in total. The van der Waals surface area contributed by atoms with Crippen LogP contribution in [0.3, 0.4) is 0 Å². The first kappa shape index (κ1) is 28.0. The molecule has 2 aromatic carbocycles. The van der Waals surface area contributed by atoms with Crippen LogP contribution in [-0.4, -0.2) is 35.2 Å². The summed E-state index contributed by atoms with van der Waals surface area (Å²) in [6.07, 6.45) is 0. The zero-order chi connectivity index (χ0) is 26.0. The van der Waals surface area contributed by atoms with E-state index in [1.807, 2.05) is 13.8 Å². The predicted octanol–water partition coefficient (Wildman–Crippen LogP) is 6.86. The van der Waals surface area contributed by atoms with E-state index in [0.717, 1.165) is 22.8 Å². The highest BCUT2D eigenvalue weighted by Crippen LogP contribution is 2.31. The van der Waals surface area contributed by atoms with Crippen molar-refractivity contribution in [2.75, 3.05) is 0 Å². The van der Waals surface area contributed by atoms with Crippen molar-refractivity contribution in [1.29, 1.82) is 0 Å². The first-order valence-electron chi connectivity index (χ1n) is 12.4. The molecule has 2 rings (SSSR count). The average Bonchev–Trinajstić information content (AvgIpc) is 2.66. The van der Waals surface area contributed by atoms with Crippen LogP contribution in [0.1, 0.15) is 74.9 Å². The maximum atomic E-state index is 10.6. The maximum Gasteiger partial charge on any atom is 0.0994 e. The first-order valence-corrected chi connectivity index (χ1v) is 12.4. The van der Waals surface area contributed by atoms with Crippen molar-refractivity contribution < 1.29 is 9.76 Å². The Morgan fingerprint density at radius 3 is 1.35 bits per heavy atom. The zero-order valence-electron chi connectivity index (χ0n) is 23.6. The Labute approximate surface area is 207 Å². The molecule has 0 atom stereocenters. The number of aliphatic imine (C=N–C) groups is 2. The van der Waals surface area contributed by atoms with Crippen molar-refractivity contribution in [3.8, 4) is 0 Å². The lowest BCUT2D eigenvalue weighted by Crippen LogP contribution is -2.49. The molecule has 0 aliphatic rings. The van der Waals surface area contributed by atoms with E-state index in [1.54, 1.807) is 13.8 Å². The molecule has 0 aliphatic carbocycles. The van der Waals surface area contributed by atoms with E-state index in [2.05, 4.69) is 79.7 Å². The average molecular weight is 463 g/mol. The van der Waals surface area contributed by atoms with E-state index in [1.165, 1.54) is 33.4 Å². The van der Waals surface area contributed by atoms with Gasteiger partial charge in [-0.15, -0.1) is 0 Å². The quantitative estimate of drug-likeness (QED) is 0.343. The lowest BCUT2D eigenvalue weighted by molar-refractivity contribution is -0.0903. The van der Waals surface area contributed by atoms with Gasteiger partial charge in [0, 0.05) is 5.60 Å². The van der Waals surface area contributed by atoms with Gasteiger partial charge in [-0.3, -0.25) is 9.98 Å². The van der Waals surface area contributed by atoms with Gasteiger partial charge in [-0.1, -0.05) is 41.2 Å². The molecule has 2 aromatic rings. The molecule has 0 amide bonds. The highest BCUT2D eigenvalue weighted by atomic mass is 16.5. The SMILES string of the molecule is CC(=Nc1c(C)cc(C)cc1C)C([BH2-]OC(C)(C)C(C)(C)O)C(C)=Nc1c(C)cc(C)cc1C. The summed E-state index contributed by atoms with van der Waals surface area (Å²) in [7, 11) is -1.02. The highest BCUT2D eigenvalue weighted by Gasteiger charge is 2.33. The van der Waals surface area contributed by atoms with E-state index in [4.69, 9.17) is 14.6 Å². The molecule has 5 heteroatoms. The molecule has 0 heterocycles. The molecule has 0 aromatic heterocycles. The Kier molecular flexibility index (Phi) is 8.71. The Morgan fingerprint density at radius 1 is 0.735 bits per heavy atom. The maximum absolute atomic E-state index is 10.6. The third-order valence-electron chi connectivity index (χ3n) is 7.44. The molecule has 0 aliphatic heterocycles. The second kappa shape index (κ2) is 10.6. The summed E-state index contributed by atoms with van der Waals surface area (Å²) in [5, 5.41) is 10.6. The molecule has 34 heavy (non-hydrogen) atoms. The highest BCUT2D eigenvalue weighted by molar-refractivity contribution is 6.48. The van der Waals surface area contributed by atoms with E-state index in [-0.39, 0.29) is 5.82 Å². The van der Waals surface area contributed by atoms with E-state index in [0.29, 0.717) is 0 Å². The Hall–Kier alpha value is -2.24. The van der Waals surface area contributed by atoms with Gasteiger partial charge in [-0.05, 0) is 117 Å². The molecule has 0 unspecified atom stereocenters. The normalized spacial score (nSPS) is 14.5. The Morgan fingerprint density at radius 2 is 1.06 bits per heavy atom. The van der Waals surface area contributed by atoms with Crippen molar-refractivity contribution in [2.45, 2.75) is 100 Å². The van der Waals surface area contributed by atoms with Crippen molar-refractivity contribution >= 4 is 30.3 Å². The number of benzene rings is 2. The van der Waals surface area contributed by atoms with Crippen LogP contribution in [0.2, 0.25) is 5.82 Å². The van der Waals surface area contributed by atoms with Crippen LogP contribution in [-0.2, 0) is 4.65 Å². The second-order valence-electron chi connectivity index (χ2n) is 11.2. The summed E-state index contributed by atoms with van der Waals surface area (Å²) in [6, 6.07) is 8.72. The number of rotatable bonds is 8. The topological polar surface area (TPSA) is 54.2 Å². The van der Waals surface area contributed by atoms with Crippen molar-refractivity contribution in [3.05, 3.63) is 57.6 Å². The summed E-state index contributed by atoms with van der Waals surface area (Å²) in [6.45, 7) is 24.4. The Bertz CT molecular complexity index is 988. The summed E-state index contributed by atoms with van der Waals surface area (Å²) >= 11 is 0. The van der Waals surface area contributed by atoms with Crippen molar-refractivity contribution in [2.24, 2.45) is 9.98 Å². The largest absolute Gasteiger partial charge is 0.589 e. The molecule has 0 radical (unpaired) electrons. The van der Waals surface area contributed by atoms with Crippen LogP contribution in [0, 0.1) is 41.5 Å². The molecule has 0 spiro atoms. The van der Waals surface area contributed by atoms with Crippen molar-refractivity contribution in [1.82, 2.24) is 0 Å². The standard InChI is InChI=1S/C29H44BN2O2/c1-17-13-19(3)26(20(4)14-17)31-23(7)25(30-34-29(11,12)28(9,10)33)24(8)32-27-21(5)15-18(2)16-22(27)6/h13-16,25,33H,30H2,1-12H3/q-1. The van der Waals surface area contributed by atoms with Crippen molar-refractivity contribution in [3.63, 3.8) is 0 Å².